The molecule has 1 fully saturated rings. The van der Waals surface area contributed by atoms with Gasteiger partial charge in [0.15, 0.2) is 0 Å². The molecule has 7 nitrogen and oxygen atoms in total. The molecule has 0 bridgehead atoms. The van der Waals surface area contributed by atoms with Crippen LogP contribution in [-0.2, 0) is 25.5 Å². The highest BCUT2D eigenvalue weighted by molar-refractivity contribution is 5.87. The summed E-state index contributed by atoms with van der Waals surface area (Å²) >= 11 is 0. The fourth-order valence-corrected chi connectivity index (χ4v) is 3.86. The molecule has 1 aliphatic carbocycles. The van der Waals surface area contributed by atoms with E-state index in [9.17, 15) is 9.59 Å². The summed E-state index contributed by atoms with van der Waals surface area (Å²) in [5.74, 6) is -0.229. The molecular formula is C26H32N2O5. The maximum Gasteiger partial charge on any atom is 0.330 e. The lowest BCUT2D eigenvalue weighted by molar-refractivity contribution is -0.141. The zero-order chi connectivity index (χ0) is 23.6. The lowest BCUT2D eigenvalue weighted by Gasteiger charge is -2.26. The van der Waals surface area contributed by atoms with Crippen LogP contribution in [-0.4, -0.2) is 31.3 Å². The molecule has 1 aliphatic rings. The number of nitrogen functional groups attached to an aromatic ring is 2. The summed E-state index contributed by atoms with van der Waals surface area (Å²) in [4.78, 5) is 24.4. The predicted octanol–water partition coefficient (Wildman–Crippen LogP) is 4.15. The lowest BCUT2D eigenvalue weighted by Crippen LogP contribution is -2.28. The SMILES string of the molecule is CCOC1CCC(C(=O)Oc2ccc(C=CC(=O)OCCc3ccc(N)cc3N)cc2)CC1. The molecule has 0 spiro atoms. The standard InChI is InChI=1S/C26H32N2O5/c1-2-31-22-12-7-20(8-13-22)26(30)33-23-10-3-18(4-11-23)5-14-25(29)32-16-15-19-6-9-21(27)17-24(19)28/h3-6,9-11,14,17,20,22H,2,7-8,12-13,15-16,27-28H2,1H3. The molecule has 2 aromatic carbocycles. The zero-order valence-electron chi connectivity index (χ0n) is 19.0. The Morgan fingerprint density at radius 1 is 1.03 bits per heavy atom. The average molecular weight is 453 g/mol. The molecule has 0 aliphatic heterocycles. The smallest absolute Gasteiger partial charge is 0.330 e. The number of hydrogen-bond donors (Lipinski definition) is 2. The molecule has 0 atom stereocenters. The second kappa shape index (κ2) is 12.1. The molecule has 1 saturated carbocycles. The van der Waals surface area contributed by atoms with Crippen molar-refractivity contribution in [1.82, 2.24) is 0 Å². The summed E-state index contributed by atoms with van der Waals surface area (Å²) in [6, 6.07) is 12.3. The van der Waals surface area contributed by atoms with Gasteiger partial charge in [-0.1, -0.05) is 18.2 Å². The van der Waals surface area contributed by atoms with Crippen LogP contribution in [0.1, 0.15) is 43.7 Å². The van der Waals surface area contributed by atoms with Gasteiger partial charge in [-0.15, -0.1) is 0 Å². The highest BCUT2D eigenvalue weighted by Gasteiger charge is 2.27. The second-order valence-electron chi connectivity index (χ2n) is 8.13. The van der Waals surface area contributed by atoms with Gasteiger partial charge in [-0.3, -0.25) is 4.79 Å². The fraction of sp³-hybridized carbons (Fsp3) is 0.385. The number of esters is 2. The number of carbonyl (C=O) groups is 2. The van der Waals surface area contributed by atoms with Crippen molar-refractivity contribution in [2.75, 3.05) is 24.7 Å². The van der Waals surface area contributed by atoms with E-state index >= 15 is 0 Å². The largest absolute Gasteiger partial charge is 0.462 e. The van der Waals surface area contributed by atoms with Crippen LogP contribution in [0.5, 0.6) is 5.75 Å². The number of ether oxygens (including phenoxy) is 3. The van der Waals surface area contributed by atoms with Crippen molar-refractivity contribution in [2.45, 2.75) is 45.1 Å². The second-order valence-corrected chi connectivity index (χ2v) is 8.13. The summed E-state index contributed by atoms with van der Waals surface area (Å²) < 4.78 is 16.4. The Kier molecular flexibility index (Phi) is 8.89. The highest BCUT2D eigenvalue weighted by atomic mass is 16.5. The van der Waals surface area contributed by atoms with Gasteiger partial charge >= 0.3 is 11.9 Å². The van der Waals surface area contributed by atoms with Gasteiger partial charge in [0.2, 0.25) is 0 Å². The van der Waals surface area contributed by atoms with Crippen molar-refractivity contribution in [3.05, 3.63) is 59.7 Å². The van der Waals surface area contributed by atoms with Crippen LogP contribution in [0.2, 0.25) is 0 Å². The minimum atomic E-state index is -0.442. The normalized spacial score (nSPS) is 18.2. The minimum Gasteiger partial charge on any atom is -0.462 e. The van der Waals surface area contributed by atoms with Gasteiger partial charge in [0, 0.05) is 30.5 Å². The molecule has 0 unspecified atom stereocenters. The average Bonchev–Trinajstić information content (AvgIpc) is 2.81. The quantitative estimate of drug-likeness (QED) is 0.254. The lowest BCUT2D eigenvalue weighted by atomic mass is 9.87. The Morgan fingerprint density at radius 3 is 2.42 bits per heavy atom. The van der Waals surface area contributed by atoms with E-state index in [4.69, 9.17) is 25.7 Å². The molecule has 0 radical (unpaired) electrons. The first-order valence-corrected chi connectivity index (χ1v) is 11.4. The Hall–Kier alpha value is -3.32. The molecule has 0 aromatic heterocycles. The maximum absolute atomic E-state index is 12.4. The summed E-state index contributed by atoms with van der Waals surface area (Å²) in [7, 11) is 0. The number of benzene rings is 2. The van der Waals surface area contributed by atoms with E-state index in [1.54, 1.807) is 42.5 Å². The molecular weight excluding hydrogens is 420 g/mol. The van der Waals surface area contributed by atoms with Crippen molar-refractivity contribution < 1.29 is 23.8 Å². The third-order valence-electron chi connectivity index (χ3n) is 5.71. The predicted molar refractivity (Wildman–Crippen MR) is 128 cm³/mol. The molecule has 176 valence electrons. The highest BCUT2D eigenvalue weighted by Crippen LogP contribution is 2.28. The first-order valence-electron chi connectivity index (χ1n) is 11.4. The van der Waals surface area contributed by atoms with E-state index in [1.807, 2.05) is 13.0 Å². The molecule has 7 heteroatoms. The van der Waals surface area contributed by atoms with Crippen LogP contribution in [0.25, 0.3) is 6.08 Å². The maximum atomic E-state index is 12.4. The van der Waals surface area contributed by atoms with Gasteiger partial charge < -0.3 is 25.7 Å². The first kappa shape index (κ1) is 24.3. The monoisotopic (exact) mass is 452 g/mol. The Morgan fingerprint density at radius 2 is 1.76 bits per heavy atom. The van der Waals surface area contributed by atoms with E-state index < -0.39 is 5.97 Å². The zero-order valence-corrected chi connectivity index (χ0v) is 19.0. The van der Waals surface area contributed by atoms with Gasteiger partial charge in [-0.05, 0) is 74.1 Å². The van der Waals surface area contributed by atoms with Gasteiger partial charge in [0.25, 0.3) is 0 Å². The summed E-state index contributed by atoms with van der Waals surface area (Å²) in [5, 5.41) is 0. The van der Waals surface area contributed by atoms with Crippen LogP contribution in [0.15, 0.2) is 48.5 Å². The number of anilines is 2. The van der Waals surface area contributed by atoms with Crippen molar-refractivity contribution in [3.8, 4) is 5.75 Å². The summed E-state index contributed by atoms with van der Waals surface area (Å²) in [6.45, 7) is 2.91. The van der Waals surface area contributed by atoms with Crippen molar-refractivity contribution >= 4 is 29.4 Å². The third-order valence-corrected chi connectivity index (χ3v) is 5.71. The van der Waals surface area contributed by atoms with Crippen LogP contribution in [0.4, 0.5) is 11.4 Å². The number of carbonyl (C=O) groups excluding carboxylic acids is 2. The Balaban J connectivity index is 1.41. The number of nitrogens with two attached hydrogens (primary N) is 2. The van der Waals surface area contributed by atoms with Crippen molar-refractivity contribution in [3.63, 3.8) is 0 Å². The molecule has 0 amide bonds. The Labute approximate surface area is 194 Å². The van der Waals surface area contributed by atoms with Gasteiger partial charge in [-0.2, -0.15) is 0 Å². The summed E-state index contributed by atoms with van der Waals surface area (Å²) in [5.41, 5.74) is 14.4. The van der Waals surface area contributed by atoms with Gasteiger partial charge in [0.05, 0.1) is 18.6 Å². The van der Waals surface area contributed by atoms with E-state index in [-0.39, 0.29) is 24.6 Å². The molecule has 0 saturated heterocycles. The molecule has 0 heterocycles. The first-order chi connectivity index (χ1) is 15.9. The molecule has 2 aromatic rings. The van der Waals surface area contributed by atoms with Crippen LogP contribution >= 0.6 is 0 Å². The molecule has 33 heavy (non-hydrogen) atoms. The van der Waals surface area contributed by atoms with Crippen molar-refractivity contribution in [2.24, 2.45) is 5.92 Å². The third kappa shape index (κ3) is 7.64. The number of hydrogen-bond acceptors (Lipinski definition) is 7. The van der Waals surface area contributed by atoms with Crippen LogP contribution in [0.3, 0.4) is 0 Å². The molecule has 4 N–H and O–H groups in total. The minimum absolute atomic E-state index is 0.0837. The van der Waals surface area contributed by atoms with E-state index in [1.165, 1.54) is 6.08 Å². The van der Waals surface area contributed by atoms with Crippen LogP contribution < -0.4 is 16.2 Å². The van der Waals surface area contributed by atoms with E-state index in [2.05, 4.69) is 0 Å². The number of rotatable bonds is 9. The van der Waals surface area contributed by atoms with Gasteiger partial charge in [0.1, 0.15) is 5.75 Å². The summed E-state index contributed by atoms with van der Waals surface area (Å²) in [6.07, 6.45) is 7.15. The Bertz CT molecular complexity index is 963. The molecule has 3 rings (SSSR count). The fourth-order valence-electron chi connectivity index (χ4n) is 3.86. The van der Waals surface area contributed by atoms with Gasteiger partial charge in [-0.25, -0.2) is 4.79 Å². The van der Waals surface area contributed by atoms with E-state index in [0.29, 0.717) is 30.2 Å². The van der Waals surface area contributed by atoms with Crippen LogP contribution in [0, 0.1) is 5.92 Å². The topological polar surface area (TPSA) is 114 Å². The van der Waals surface area contributed by atoms with Crippen molar-refractivity contribution in [1.29, 1.82) is 0 Å². The van der Waals surface area contributed by atoms with E-state index in [0.717, 1.165) is 36.8 Å².